The van der Waals surface area contributed by atoms with Crippen molar-refractivity contribution in [1.29, 1.82) is 0 Å². The van der Waals surface area contributed by atoms with Gasteiger partial charge in [0, 0.05) is 25.6 Å². The van der Waals surface area contributed by atoms with Gasteiger partial charge in [-0.25, -0.2) is 9.97 Å². The van der Waals surface area contributed by atoms with Gasteiger partial charge in [-0.05, 0) is 42.3 Å². The minimum atomic E-state index is 0.615. The molecule has 1 saturated heterocycles. The number of hydrogen-bond donors (Lipinski definition) is 1. The van der Waals surface area contributed by atoms with Gasteiger partial charge in [-0.3, -0.25) is 0 Å². The Labute approximate surface area is 144 Å². The predicted octanol–water partition coefficient (Wildman–Crippen LogP) is 2.52. The standard InChI is InChI=1S/C17H18N6S/c1-2-12-6-15(22-21-14(12)3-1)23-8-11(9-23)7-18-16-13-4-5-24-17(13)20-10-19-16/h4-6,10-11H,1-3,7-9H2,(H,18,19,20). The van der Waals surface area contributed by atoms with Crippen molar-refractivity contribution < 1.29 is 0 Å². The number of nitrogens with one attached hydrogen (secondary N) is 1. The molecule has 0 spiro atoms. The van der Waals surface area contributed by atoms with E-state index >= 15 is 0 Å². The summed E-state index contributed by atoms with van der Waals surface area (Å²) in [6.07, 6.45) is 5.09. The van der Waals surface area contributed by atoms with E-state index in [1.165, 1.54) is 17.7 Å². The van der Waals surface area contributed by atoms with Crippen LogP contribution in [0.3, 0.4) is 0 Å². The number of anilines is 2. The van der Waals surface area contributed by atoms with Crippen LogP contribution in [0.2, 0.25) is 0 Å². The number of aryl methyl sites for hydroxylation is 2. The van der Waals surface area contributed by atoms with E-state index in [0.717, 1.165) is 54.3 Å². The monoisotopic (exact) mass is 338 g/mol. The summed E-state index contributed by atoms with van der Waals surface area (Å²) in [6, 6.07) is 4.31. The Balaban J connectivity index is 1.21. The maximum atomic E-state index is 4.40. The van der Waals surface area contributed by atoms with Crippen LogP contribution in [0.4, 0.5) is 11.6 Å². The normalized spacial score (nSPS) is 17.1. The van der Waals surface area contributed by atoms with Crippen LogP contribution in [0.25, 0.3) is 10.2 Å². The molecule has 0 bridgehead atoms. The number of rotatable bonds is 4. The minimum Gasteiger partial charge on any atom is -0.369 e. The third-order valence-corrected chi connectivity index (χ3v) is 5.73. The number of thiophene rings is 1. The Morgan fingerprint density at radius 2 is 2.17 bits per heavy atom. The zero-order valence-corrected chi connectivity index (χ0v) is 14.1. The van der Waals surface area contributed by atoms with Crippen molar-refractivity contribution in [3.63, 3.8) is 0 Å². The van der Waals surface area contributed by atoms with Crippen LogP contribution < -0.4 is 10.2 Å². The first-order valence-electron chi connectivity index (χ1n) is 8.39. The van der Waals surface area contributed by atoms with Gasteiger partial charge in [0.2, 0.25) is 0 Å². The van der Waals surface area contributed by atoms with E-state index in [0.29, 0.717) is 5.92 Å². The highest BCUT2D eigenvalue weighted by Gasteiger charge is 2.29. The van der Waals surface area contributed by atoms with Gasteiger partial charge in [0.1, 0.15) is 17.0 Å². The van der Waals surface area contributed by atoms with Gasteiger partial charge in [0.05, 0.1) is 11.1 Å². The van der Waals surface area contributed by atoms with E-state index in [1.54, 1.807) is 17.7 Å². The smallest absolute Gasteiger partial charge is 0.151 e. The lowest BCUT2D eigenvalue weighted by atomic mass is 10.00. The third kappa shape index (κ3) is 2.39. The van der Waals surface area contributed by atoms with E-state index in [2.05, 4.69) is 47.9 Å². The van der Waals surface area contributed by atoms with Crippen LogP contribution in [0.1, 0.15) is 17.7 Å². The molecule has 1 fully saturated rings. The molecule has 1 aliphatic carbocycles. The van der Waals surface area contributed by atoms with Crippen LogP contribution in [0.15, 0.2) is 23.8 Å². The summed E-state index contributed by atoms with van der Waals surface area (Å²) in [4.78, 5) is 12.0. The molecule has 24 heavy (non-hydrogen) atoms. The largest absolute Gasteiger partial charge is 0.369 e. The van der Waals surface area contributed by atoms with Crippen molar-refractivity contribution in [2.24, 2.45) is 5.92 Å². The fourth-order valence-electron chi connectivity index (χ4n) is 3.53. The maximum Gasteiger partial charge on any atom is 0.151 e. The van der Waals surface area contributed by atoms with Gasteiger partial charge in [0.15, 0.2) is 5.82 Å². The molecule has 0 amide bonds. The third-order valence-electron chi connectivity index (χ3n) is 4.91. The number of nitrogens with zero attached hydrogens (tertiary/aromatic N) is 5. The molecule has 0 saturated carbocycles. The number of fused-ring (bicyclic) bond motifs is 2. The van der Waals surface area contributed by atoms with Gasteiger partial charge >= 0.3 is 0 Å². The lowest BCUT2D eigenvalue weighted by Gasteiger charge is -2.40. The van der Waals surface area contributed by atoms with E-state index in [1.807, 2.05) is 0 Å². The first-order chi connectivity index (χ1) is 11.9. The molecule has 1 N–H and O–H groups in total. The van der Waals surface area contributed by atoms with Crippen molar-refractivity contribution in [3.05, 3.63) is 35.1 Å². The second kappa shape index (κ2) is 5.66. The highest BCUT2D eigenvalue weighted by molar-refractivity contribution is 7.16. The zero-order valence-electron chi connectivity index (χ0n) is 13.3. The molecule has 0 unspecified atom stereocenters. The topological polar surface area (TPSA) is 66.8 Å². The molecule has 3 aromatic heterocycles. The van der Waals surface area contributed by atoms with Crippen LogP contribution >= 0.6 is 11.3 Å². The summed E-state index contributed by atoms with van der Waals surface area (Å²) in [7, 11) is 0. The van der Waals surface area contributed by atoms with Gasteiger partial charge in [-0.15, -0.1) is 16.4 Å². The van der Waals surface area contributed by atoms with Crippen molar-refractivity contribution in [2.75, 3.05) is 29.9 Å². The van der Waals surface area contributed by atoms with Crippen LogP contribution in [-0.4, -0.2) is 39.8 Å². The molecule has 0 aromatic carbocycles. The maximum absolute atomic E-state index is 4.40. The molecule has 2 aliphatic rings. The van der Waals surface area contributed by atoms with Gasteiger partial charge in [-0.1, -0.05) is 0 Å². The lowest BCUT2D eigenvalue weighted by molar-refractivity contribution is 0.425. The Morgan fingerprint density at radius 1 is 1.21 bits per heavy atom. The fourth-order valence-corrected chi connectivity index (χ4v) is 4.26. The van der Waals surface area contributed by atoms with E-state index < -0.39 is 0 Å². The van der Waals surface area contributed by atoms with Crippen LogP contribution in [0, 0.1) is 5.92 Å². The fraction of sp³-hybridized carbons (Fsp3) is 0.412. The summed E-state index contributed by atoms with van der Waals surface area (Å²) in [5, 5.41) is 15.4. The molecule has 3 aromatic rings. The molecule has 7 heteroatoms. The molecule has 4 heterocycles. The van der Waals surface area contributed by atoms with Gasteiger partial charge in [-0.2, -0.15) is 5.10 Å². The molecule has 122 valence electrons. The quantitative estimate of drug-likeness (QED) is 0.788. The molecular weight excluding hydrogens is 320 g/mol. The summed E-state index contributed by atoms with van der Waals surface area (Å²) in [5.74, 6) is 2.59. The minimum absolute atomic E-state index is 0.615. The summed E-state index contributed by atoms with van der Waals surface area (Å²) in [5.41, 5.74) is 2.59. The van der Waals surface area contributed by atoms with Crippen molar-refractivity contribution in [1.82, 2.24) is 20.2 Å². The molecule has 5 rings (SSSR count). The highest BCUT2D eigenvalue weighted by atomic mass is 32.1. The lowest BCUT2D eigenvalue weighted by Crippen LogP contribution is -2.50. The Kier molecular flexibility index (Phi) is 3.33. The SMILES string of the molecule is c1nc(NCC2CN(c3cc4c(nn3)CCC4)C2)c2ccsc2n1. The Hall–Kier alpha value is -2.28. The highest BCUT2D eigenvalue weighted by Crippen LogP contribution is 2.28. The van der Waals surface area contributed by atoms with Crippen molar-refractivity contribution >= 4 is 33.2 Å². The van der Waals surface area contributed by atoms with E-state index in [4.69, 9.17) is 0 Å². The van der Waals surface area contributed by atoms with Crippen LogP contribution in [0.5, 0.6) is 0 Å². The second-order valence-electron chi connectivity index (χ2n) is 6.54. The van der Waals surface area contributed by atoms with Gasteiger partial charge < -0.3 is 10.2 Å². The molecule has 1 aliphatic heterocycles. The Morgan fingerprint density at radius 3 is 3.12 bits per heavy atom. The first kappa shape index (κ1) is 14.1. The second-order valence-corrected chi connectivity index (χ2v) is 7.44. The zero-order chi connectivity index (χ0) is 15.9. The first-order valence-corrected chi connectivity index (χ1v) is 9.27. The average Bonchev–Trinajstić information content (AvgIpc) is 3.22. The van der Waals surface area contributed by atoms with Gasteiger partial charge in [0.25, 0.3) is 0 Å². The van der Waals surface area contributed by atoms with E-state index in [9.17, 15) is 0 Å². The van der Waals surface area contributed by atoms with Crippen molar-refractivity contribution in [2.45, 2.75) is 19.3 Å². The Bertz CT molecular complexity index is 886. The molecule has 0 atom stereocenters. The summed E-state index contributed by atoms with van der Waals surface area (Å²) < 4.78 is 0. The molecular formula is C17H18N6S. The van der Waals surface area contributed by atoms with Crippen molar-refractivity contribution in [3.8, 4) is 0 Å². The van der Waals surface area contributed by atoms with Crippen LogP contribution in [-0.2, 0) is 12.8 Å². The summed E-state index contributed by atoms with van der Waals surface area (Å²) in [6.45, 7) is 2.98. The molecule has 6 nitrogen and oxygen atoms in total. The summed E-state index contributed by atoms with van der Waals surface area (Å²) >= 11 is 1.65. The van der Waals surface area contributed by atoms with E-state index in [-0.39, 0.29) is 0 Å². The number of hydrogen-bond acceptors (Lipinski definition) is 7. The predicted molar refractivity (Wildman–Crippen MR) is 95.7 cm³/mol. The average molecular weight is 338 g/mol. The number of aromatic nitrogens is 4. The molecule has 0 radical (unpaired) electrons.